The minimum absolute atomic E-state index is 0.0713. The van der Waals surface area contributed by atoms with Gasteiger partial charge in [0.15, 0.2) is 5.78 Å². The summed E-state index contributed by atoms with van der Waals surface area (Å²) < 4.78 is 6.59. The van der Waals surface area contributed by atoms with Gasteiger partial charge in [0, 0.05) is 30.8 Å². The molecular weight excluding hydrogens is 526 g/mol. The van der Waals surface area contributed by atoms with Crippen LogP contribution in [0.4, 0.5) is 0 Å². The molecule has 1 amide bonds. The van der Waals surface area contributed by atoms with Crippen molar-refractivity contribution < 1.29 is 14.3 Å². The molecule has 1 saturated heterocycles. The number of piperidine rings is 1. The zero-order valence-corrected chi connectivity index (χ0v) is 23.7. The lowest BCUT2D eigenvalue weighted by Gasteiger charge is -2.34. The highest BCUT2D eigenvalue weighted by molar-refractivity contribution is 9.09. The van der Waals surface area contributed by atoms with Crippen LogP contribution in [-0.4, -0.2) is 40.6 Å². The van der Waals surface area contributed by atoms with Crippen LogP contribution < -0.4 is 0 Å². The second-order valence-electron chi connectivity index (χ2n) is 9.30. The normalized spacial score (nSPS) is 20.6. The molecule has 1 aliphatic carbocycles. The first kappa shape index (κ1) is 29.1. The fourth-order valence-corrected chi connectivity index (χ4v) is 5.22. The summed E-state index contributed by atoms with van der Waals surface area (Å²) in [5.41, 5.74) is 3.12. The Labute approximate surface area is 230 Å². The van der Waals surface area contributed by atoms with Gasteiger partial charge in [0.25, 0.3) is 0 Å². The monoisotopic (exact) mass is 565 g/mol. The van der Waals surface area contributed by atoms with Gasteiger partial charge in [-0.05, 0) is 48.8 Å². The molecule has 1 fully saturated rings. The number of likely N-dealkylation sites (tertiary alicyclic amines) is 1. The topological polar surface area (TPSA) is 46.6 Å². The quantitative estimate of drug-likeness (QED) is 0.244. The lowest BCUT2D eigenvalue weighted by Crippen LogP contribution is -2.41. The molecule has 0 aromatic heterocycles. The van der Waals surface area contributed by atoms with E-state index in [-0.39, 0.29) is 36.7 Å². The van der Waals surface area contributed by atoms with Crippen molar-refractivity contribution >= 4 is 27.6 Å². The molecule has 1 atom stereocenters. The number of allylic oxidation sites excluding steroid dienone is 4. The molecule has 0 N–H and O–H groups in total. The molecular formula is C32H40BrNO3. The minimum Gasteiger partial charge on any atom is -0.365 e. The number of carbonyl (C=O) groups is 2. The van der Waals surface area contributed by atoms with Gasteiger partial charge in [-0.1, -0.05) is 109 Å². The molecule has 4 nitrogen and oxygen atoms in total. The number of ketones is 1. The maximum absolute atomic E-state index is 12.8. The largest absolute Gasteiger partial charge is 0.365 e. The first-order valence-corrected chi connectivity index (χ1v) is 14.6. The lowest BCUT2D eigenvalue weighted by molar-refractivity contribution is -0.135. The lowest BCUT2D eigenvalue weighted by atomic mass is 9.98. The van der Waals surface area contributed by atoms with E-state index in [1.54, 1.807) is 0 Å². The molecule has 2 aromatic rings. The summed E-state index contributed by atoms with van der Waals surface area (Å²) in [5.74, 6) is 0.171. The Bertz CT molecular complexity index is 987. The van der Waals surface area contributed by atoms with Crippen molar-refractivity contribution in [3.05, 3.63) is 95.6 Å². The molecule has 2 aliphatic rings. The summed E-state index contributed by atoms with van der Waals surface area (Å²) in [6.07, 6.45) is 10.9. The van der Waals surface area contributed by atoms with E-state index >= 15 is 0 Å². The van der Waals surface area contributed by atoms with Gasteiger partial charge in [-0.15, -0.1) is 0 Å². The van der Waals surface area contributed by atoms with Gasteiger partial charge >= 0.3 is 0 Å². The molecule has 37 heavy (non-hydrogen) atoms. The summed E-state index contributed by atoms with van der Waals surface area (Å²) >= 11 is 3.60. The maximum Gasteiger partial charge on any atom is 0.223 e. The third-order valence-corrected chi connectivity index (χ3v) is 7.53. The van der Waals surface area contributed by atoms with Crippen LogP contribution in [0.15, 0.2) is 84.5 Å². The third kappa shape index (κ3) is 9.08. The molecule has 198 valence electrons. The second-order valence-corrected chi connectivity index (χ2v) is 10.5. The summed E-state index contributed by atoms with van der Waals surface area (Å²) in [4.78, 5) is 27.8. The number of carbonyl (C=O) groups excluding carboxylic acids is 2. The van der Waals surface area contributed by atoms with E-state index in [4.69, 9.17) is 4.74 Å². The number of amides is 1. The number of rotatable bonds is 8. The van der Waals surface area contributed by atoms with Crippen LogP contribution >= 0.6 is 15.9 Å². The van der Waals surface area contributed by atoms with Gasteiger partial charge < -0.3 is 9.64 Å². The smallest absolute Gasteiger partial charge is 0.223 e. The molecule has 4 rings (SSSR count). The first-order chi connectivity index (χ1) is 18.1. The van der Waals surface area contributed by atoms with E-state index in [0.717, 1.165) is 42.4 Å². The van der Waals surface area contributed by atoms with Gasteiger partial charge in [0.1, 0.15) is 6.10 Å². The van der Waals surface area contributed by atoms with E-state index < -0.39 is 0 Å². The standard InChI is InChI=1S/C30H34BrNO3.C2H6/c31-26-15-7-13-23(14-8-16-26)28(33)17-18-29(34)32-21-19-27(20-22-32)35-30(24-9-3-1-4-10-24)25-11-5-2-6-12-25;1-2/h1-7,9-12,14-15,26-27,30H,8,13,16-22H2;1-2H3/b15-7-,23-14+;. The Hall–Kier alpha value is -2.50. The number of benzene rings is 2. The fraction of sp³-hybridized carbons (Fsp3) is 0.438. The van der Waals surface area contributed by atoms with Crippen molar-refractivity contribution in [1.82, 2.24) is 4.90 Å². The van der Waals surface area contributed by atoms with Crippen molar-refractivity contribution in [2.45, 2.75) is 75.8 Å². The Morgan fingerprint density at radius 2 is 1.51 bits per heavy atom. The van der Waals surface area contributed by atoms with Crippen molar-refractivity contribution in [3.8, 4) is 0 Å². The molecule has 2 aromatic carbocycles. The minimum atomic E-state index is -0.117. The Morgan fingerprint density at radius 3 is 2.11 bits per heavy atom. The number of nitrogens with zero attached hydrogens (tertiary/aromatic N) is 1. The molecule has 0 spiro atoms. The molecule has 0 saturated carbocycles. The second kappa shape index (κ2) is 15.7. The van der Waals surface area contributed by atoms with Crippen molar-refractivity contribution in [1.29, 1.82) is 0 Å². The van der Waals surface area contributed by atoms with Crippen molar-refractivity contribution in [2.24, 2.45) is 0 Å². The highest BCUT2D eigenvalue weighted by Crippen LogP contribution is 2.30. The Balaban J connectivity index is 0.00000186. The number of hydrogen-bond acceptors (Lipinski definition) is 3. The van der Waals surface area contributed by atoms with Crippen molar-refractivity contribution in [3.63, 3.8) is 0 Å². The zero-order valence-electron chi connectivity index (χ0n) is 22.2. The van der Waals surface area contributed by atoms with Crippen molar-refractivity contribution in [2.75, 3.05) is 13.1 Å². The molecule has 1 heterocycles. The number of halogens is 1. The zero-order chi connectivity index (χ0) is 26.5. The Morgan fingerprint density at radius 1 is 0.919 bits per heavy atom. The van der Waals surface area contributed by atoms with E-state index in [0.29, 0.717) is 24.3 Å². The van der Waals surface area contributed by atoms with Gasteiger partial charge in [-0.25, -0.2) is 0 Å². The summed E-state index contributed by atoms with van der Waals surface area (Å²) in [5, 5.41) is 0. The average molecular weight is 567 g/mol. The average Bonchev–Trinajstić information content (AvgIpc) is 2.94. The summed E-state index contributed by atoms with van der Waals surface area (Å²) in [7, 11) is 0. The number of ether oxygens (including phenoxy) is 1. The first-order valence-electron chi connectivity index (χ1n) is 13.7. The van der Waals surface area contributed by atoms with Gasteiger partial charge in [-0.2, -0.15) is 0 Å². The van der Waals surface area contributed by atoms with Crippen LogP contribution in [0.3, 0.4) is 0 Å². The van der Waals surface area contributed by atoms with Gasteiger partial charge in [0.2, 0.25) is 5.91 Å². The highest BCUT2D eigenvalue weighted by Gasteiger charge is 2.27. The maximum atomic E-state index is 12.8. The van der Waals surface area contributed by atoms with E-state index in [2.05, 4.69) is 46.3 Å². The van der Waals surface area contributed by atoms with Crippen LogP contribution in [0.2, 0.25) is 0 Å². The number of alkyl halides is 1. The van der Waals surface area contributed by atoms with Crippen LogP contribution in [0.25, 0.3) is 0 Å². The third-order valence-electron chi connectivity index (χ3n) is 6.77. The van der Waals surface area contributed by atoms with Crippen LogP contribution in [0.5, 0.6) is 0 Å². The van der Waals surface area contributed by atoms with Crippen LogP contribution in [0.1, 0.15) is 76.0 Å². The number of hydrogen-bond donors (Lipinski definition) is 0. The van der Waals surface area contributed by atoms with Crippen LogP contribution in [-0.2, 0) is 14.3 Å². The number of Topliss-reactive ketones (excluding diaryl/α,β-unsaturated/α-hetero) is 1. The molecule has 5 heteroatoms. The predicted octanol–water partition coefficient (Wildman–Crippen LogP) is 7.59. The molecule has 0 radical (unpaired) electrons. The van der Waals surface area contributed by atoms with Gasteiger partial charge in [-0.3, -0.25) is 9.59 Å². The SMILES string of the molecule is CC.O=C(CCC(=O)N1CCC(OC(c2ccccc2)c2ccccc2)CC1)/C1=C/CCC(Br)/C=C\C1. The highest BCUT2D eigenvalue weighted by atomic mass is 79.9. The van der Waals surface area contributed by atoms with E-state index in [1.807, 2.05) is 67.3 Å². The van der Waals surface area contributed by atoms with Gasteiger partial charge in [0.05, 0.1) is 6.10 Å². The molecule has 1 aliphatic heterocycles. The van der Waals surface area contributed by atoms with E-state index in [1.165, 1.54) is 0 Å². The fourth-order valence-electron chi connectivity index (χ4n) is 4.74. The molecule has 1 unspecified atom stereocenters. The predicted molar refractivity (Wildman–Crippen MR) is 155 cm³/mol. The molecule has 0 bridgehead atoms. The van der Waals surface area contributed by atoms with E-state index in [9.17, 15) is 9.59 Å². The Kier molecular flexibility index (Phi) is 12.3. The van der Waals surface area contributed by atoms with Crippen LogP contribution in [0, 0.1) is 0 Å². The summed E-state index contributed by atoms with van der Waals surface area (Å²) in [6.45, 7) is 5.35. The summed E-state index contributed by atoms with van der Waals surface area (Å²) in [6, 6.07) is 20.6.